The van der Waals surface area contributed by atoms with E-state index in [-0.39, 0.29) is 10.8 Å². The second kappa shape index (κ2) is 35.5. The number of unbranched alkanes of at least 4 members (excludes halogenated alkanes) is 17. The van der Waals surface area contributed by atoms with Gasteiger partial charge in [0.2, 0.25) is 0 Å². The summed E-state index contributed by atoms with van der Waals surface area (Å²) in [4.78, 5) is 6.72. The predicted molar refractivity (Wildman–Crippen MR) is 363 cm³/mol. The molecule has 482 valence electrons. The van der Waals surface area contributed by atoms with Gasteiger partial charge in [0.25, 0.3) is 0 Å². The van der Waals surface area contributed by atoms with Gasteiger partial charge in [-0.25, -0.2) is 0 Å². The van der Waals surface area contributed by atoms with Gasteiger partial charge in [-0.3, -0.25) is 0 Å². The molecular formula is C73H119NO8S3. The molecule has 3 aliphatic rings. The van der Waals surface area contributed by atoms with Crippen LogP contribution in [0.5, 0.6) is 34.5 Å². The Bertz CT molecular complexity index is 2480. The van der Waals surface area contributed by atoms with Crippen LogP contribution in [0.2, 0.25) is 0 Å². The molecule has 4 aromatic rings. The predicted octanol–water partition coefficient (Wildman–Crippen LogP) is 22.5. The first kappa shape index (κ1) is 69.6. The van der Waals surface area contributed by atoms with Crippen LogP contribution >= 0.6 is 34.0 Å². The van der Waals surface area contributed by atoms with Crippen LogP contribution in [0, 0.1) is 23.2 Å². The molecule has 0 aromatic carbocycles. The van der Waals surface area contributed by atoms with Crippen LogP contribution in [0.4, 0.5) is 0 Å². The van der Waals surface area contributed by atoms with E-state index in [9.17, 15) is 0 Å². The molecule has 3 atom stereocenters. The van der Waals surface area contributed by atoms with Gasteiger partial charge < -0.3 is 42.5 Å². The fourth-order valence-corrected chi connectivity index (χ4v) is 16.7. The van der Waals surface area contributed by atoms with Crippen molar-refractivity contribution in [3.8, 4) is 65.4 Å². The van der Waals surface area contributed by atoms with Crippen molar-refractivity contribution in [1.82, 2.24) is 4.57 Å². The van der Waals surface area contributed by atoms with E-state index in [2.05, 4.69) is 99.8 Å². The van der Waals surface area contributed by atoms with E-state index in [1.54, 1.807) is 22.7 Å². The Balaban J connectivity index is 1.24. The van der Waals surface area contributed by atoms with E-state index in [4.69, 9.17) is 37.9 Å². The zero-order valence-corrected chi connectivity index (χ0v) is 58.4. The fraction of sp³-hybridized carbons (Fsp3) is 0.781. The Morgan fingerprint density at radius 1 is 0.412 bits per heavy atom. The SMILES string of the molecule is CCCCCCCCC(CCCCCC)COCC1(COCC(CCCCCC)CCCCCCCC)COc2c(-c3sc(-c4ccc(-c5sc(C(C)(C)C)c6c5OCCO6)n4CC(CC)CCCC)c4c3OCCO4)sc(C(C)(C)C)c2OC1. The van der Waals surface area contributed by atoms with E-state index >= 15 is 0 Å². The standard InChI is InChI=1S/C73H119NO8S3/c1-13-19-24-28-30-34-39-55(37-32-26-21-15-3)48-75-50-73(51-76-49-56(38-33-27-22-16-4)40-35-31-29-25-20-14-2)52-81-62-64(82-53-73)70(72(10,11)12)85-68(62)67-60-59(77-43-44-78-60)65(83-67)57-41-42-58(74(57)47-54(18-6)36-23-17-5)66-61-63(80-46-45-79-61)69(84-66)71(7,8)9/h41-42,54-56H,13-40,43-53H2,1-12H3. The summed E-state index contributed by atoms with van der Waals surface area (Å²) >= 11 is 5.40. The molecule has 7 heterocycles. The lowest BCUT2D eigenvalue weighted by atomic mass is 9.91. The summed E-state index contributed by atoms with van der Waals surface area (Å²) in [6.07, 6.45) is 35.8. The van der Waals surface area contributed by atoms with E-state index in [1.807, 2.05) is 11.3 Å². The molecule has 0 saturated carbocycles. The lowest BCUT2D eigenvalue weighted by Crippen LogP contribution is -2.43. The molecule has 85 heavy (non-hydrogen) atoms. The summed E-state index contributed by atoms with van der Waals surface area (Å²) in [5, 5.41) is 0. The fourth-order valence-electron chi connectivity index (χ4n) is 12.8. The highest BCUT2D eigenvalue weighted by molar-refractivity contribution is 7.25. The molecule has 3 aliphatic heterocycles. The summed E-state index contributed by atoms with van der Waals surface area (Å²) < 4.78 is 58.2. The zero-order valence-electron chi connectivity index (χ0n) is 55.9. The molecule has 7 rings (SSSR count). The molecule has 0 saturated heterocycles. The van der Waals surface area contributed by atoms with Gasteiger partial charge in [-0.15, -0.1) is 34.0 Å². The molecule has 9 nitrogen and oxygen atoms in total. The first-order chi connectivity index (χ1) is 41.2. The Hall–Kier alpha value is -2.90. The third-order valence-corrected chi connectivity index (χ3v) is 22.6. The summed E-state index contributed by atoms with van der Waals surface area (Å²) in [6.45, 7) is 34.2. The van der Waals surface area contributed by atoms with Gasteiger partial charge in [0.1, 0.15) is 39.6 Å². The summed E-state index contributed by atoms with van der Waals surface area (Å²) in [6, 6.07) is 4.63. The molecule has 0 amide bonds. The molecule has 4 aromatic heterocycles. The second-order valence-corrected chi connectivity index (χ2v) is 31.0. The highest BCUT2D eigenvalue weighted by atomic mass is 32.1. The number of ether oxygens (including phenoxy) is 8. The van der Waals surface area contributed by atoms with E-state index in [0.29, 0.717) is 70.6 Å². The van der Waals surface area contributed by atoms with Gasteiger partial charge in [-0.05, 0) is 62.0 Å². The maximum absolute atomic E-state index is 7.43. The van der Waals surface area contributed by atoms with E-state index in [1.165, 1.54) is 189 Å². The highest BCUT2D eigenvalue weighted by Gasteiger charge is 2.43. The minimum Gasteiger partial charge on any atom is -0.488 e. The van der Waals surface area contributed by atoms with Crippen LogP contribution in [-0.4, -0.2) is 70.6 Å². The van der Waals surface area contributed by atoms with Gasteiger partial charge in [-0.1, -0.05) is 231 Å². The van der Waals surface area contributed by atoms with Crippen LogP contribution in [-0.2, 0) is 26.8 Å². The average Bonchev–Trinajstić information content (AvgIpc) is 4.39. The van der Waals surface area contributed by atoms with Crippen molar-refractivity contribution in [3.05, 3.63) is 21.9 Å². The first-order valence-electron chi connectivity index (χ1n) is 34.8. The maximum Gasteiger partial charge on any atom is 0.182 e. The molecule has 3 unspecified atom stereocenters. The van der Waals surface area contributed by atoms with E-state index < -0.39 is 5.41 Å². The average molecular weight is 1230 g/mol. The minimum atomic E-state index is -0.504. The lowest BCUT2D eigenvalue weighted by Gasteiger charge is -2.32. The zero-order chi connectivity index (χ0) is 60.7. The van der Waals surface area contributed by atoms with Gasteiger partial charge >= 0.3 is 0 Å². The van der Waals surface area contributed by atoms with Gasteiger partial charge in [0, 0.05) is 30.6 Å². The van der Waals surface area contributed by atoms with Crippen molar-refractivity contribution in [2.75, 3.05) is 66.1 Å². The molecule has 0 bridgehead atoms. The molecule has 0 radical (unpaired) electrons. The smallest absolute Gasteiger partial charge is 0.182 e. The quantitative estimate of drug-likeness (QED) is 0.0407. The molecule has 0 spiro atoms. The van der Waals surface area contributed by atoms with Crippen molar-refractivity contribution in [3.63, 3.8) is 0 Å². The molecule has 12 heteroatoms. The molecule has 0 aliphatic carbocycles. The summed E-state index contributed by atoms with van der Waals surface area (Å²) in [7, 11) is 0. The third kappa shape index (κ3) is 19.8. The number of nitrogens with zero attached hydrogens (tertiary/aromatic N) is 1. The Kier molecular flexibility index (Phi) is 29.0. The Labute approximate surface area is 530 Å². The topological polar surface area (TPSA) is 78.8 Å². The number of rotatable bonds is 41. The number of aromatic nitrogens is 1. The van der Waals surface area contributed by atoms with Crippen molar-refractivity contribution in [2.45, 2.75) is 280 Å². The number of fused-ring (bicyclic) bond motifs is 3. The normalized spacial score (nSPS) is 17.1. The summed E-state index contributed by atoms with van der Waals surface area (Å²) in [5.74, 6) is 6.70. The van der Waals surface area contributed by atoms with Crippen molar-refractivity contribution < 1.29 is 37.9 Å². The Morgan fingerprint density at radius 2 is 0.753 bits per heavy atom. The minimum absolute atomic E-state index is 0.1000. The van der Waals surface area contributed by atoms with Crippen LogP contribution in [0.1, 0.15) is 273 Å². The third-order valence-electron chi connectivity index (χ3n) is 18.1. The van der Waals surface area contributed by atoms with Crippen LogP contribution in [0.25, 0.3) is 30.9 Å². The van der Waals surface area contributed by atoms with Gasteiger partial charge in [0.05, 0.1) is 59.3 Å². The summed E-state index contributed by atoms with van der Waals surface area (Å²) in [5.41, 5.74) is 1.49. The van der Waals surface area contributed by atoms with Crippen molar-refractivity contribution in [1.29, 1.82) is 0 Å². The van der Waals surface area contributed by atoms with Crippen LogP contribution in [0.15, 0.2) is 12.1 Å². The molecule has 0 fully saturated rings. The highest BCUT2D eigenvalue weighted by Crippen LogP contribution is 2.62. The lowest BCUT2D eigenvalue weighted by molar-refractivity contribution is -0.0722. The first-order valence-corrected chi connectivity index (χ1v) is 37.3. The molecule has 0 N–H and O–H groups in total. The van der Waals surface area contributed by atoms with Crippen molar-refractivity contribution >= 4 is 34.0 Å². The van der Waals surface area contributed by atoms with Crippen LogP contribution in [0.3, 0.4) is 0 Å². The monoisotopic (exact) mass is 1230 g/mol. The maximum atomic E-state index is 7.43. The van der Waals surface area contributed by atoms with Crippen LogP contribution < -0.4 is 28.4 Å². The largest absolute Gasteiger partial charge is 0.488 e. The number of hydrogen-bond acceptors (Lipinski definition) is 11. The van der Waals surface area contributed by atoms with Crippen molar-refractivity contribution in [2.24, 2.45) is 23.2 Å². The molecular weight excluding hydrogens is 1120 g/mol. The Morgan fingerprint density at radius 3 is 1.21 bits per heavy atom. The van der Waals surface area contributed by atoms with Gasteiger partial charge in [0.15, 0.2) is 34.5 Å². The second-order valence-electron chi connectivity index (χ2n) is 27.9. The number of hydrogen-bond donors (Lipinski definition) is 0. The van der Waals surface area contributed by atoms with Gasteiger partial charge in [-0.2, -0.15) is 0 Å². The van der Waals surface area contributed by atoms with E-state index in [0.717, 1.165) is 85.9 Å². The number of thiophene rings is 3.